The predicted molar refractivity (Wildman–Crippen MR) is 137 cm³/mol. The number of amides is 2. The largest absolute Gasteiger partial charge is 0.329 e. The van der Waals surface area contributed by atoms with Gasteiger partial charge in [-0.15, -0.1) is 0 Å². The quantitative estimate of drug-likeness (QED) is 0.390. The molecule has 2 amide bonds. The Balaban J connectivity index is 1.86. The summed E-state index contributed by atoms with van der Waals surface area (Å²) in [7, 11) is 0. The van der Waals surface area contributed by atoms with Gasteiger partial charge in [0.05, 0.1) is 11.4 Å². The zero-order valence-corrected chi connectivity index (χ0v) is 21.3. The van der Waals surface area contributed by atoms with E-state index in [1.165, 1.54) is 23.1 Å². The highest BCUT2D eigenvalue weighted by atomic mass is 19.1. The molecular weight excluding hydrogens is 443 g/mol. The van der Waals surface area contributed by atoms with Crippen LogP contribution in [0.2, 0.25) is 0 Å². The van der Waals surface area contributed by atoms with Crippen LogP contribution in [0.25, 0.3) is 5.69 Å². The molecule has 6 nitrogen and oxygen atoms in total. The van der Waals surface area contributed by atoms with Crippen LogP contribution >= 0.6 is 0 Å². The maximum Gasteiger partial charge on any atom is 0.254 e. The van der Waals surface area contributed by atoms with Crippen molar-refractivity contribution in [2.24, 2.45) is 0 Å². The van der Waals surface area contributed by atoms with E-state index in [1.54, 1.807) is 10.7 Å². The number of unbranched alkanes of at least 4 members (excludes halogenated alkanes) is 2. The molecule has 0 aliphatic carbocycles. The number of nitrogens with one attached hydrogen (secondary N) is 1. The SMILES string of the molecule is CCCCCN(CC(=O)Nc1cc(C(C)(C)C)nn1-c1cccc(C)c1)C(=O)c1cccc(F)c1. The van der Waals surface area contributed by atoms with E-state index in [-0.39, 0.29) is 29.3 Å². The zero-order valence-electron chi connectivity index (χ0n) is 21.3. The van der Waals surface area contributed by atoms with Crippen LogP contribution in [0.1, 0.15) is 68.6 Å². The lowest BCUT2D eigenvalue weighted by molar-refractivity contribution is -0.117. The van der Waals surface area contributed by atoms with Crippen LogP contribution in [0, 0.1) is 12.7 Å². The first-order valence-corrected chi connectivity index (χ1v) is 12.1. The van der Waals surface area contributed by atoms with E-state index in [2.05, 4.69) is 33.0 Å². The fourth-order valence-electron chi connectivity index (χ4n) is 3.76. The number of anilines is 1. The number of carbonyl (C=O) groups is 2. The standard InChI is InChI=1S/C28H35FN4O2/c1-6-7-8-15-32(27(35)21-12-10-13-22(29)17-21)19-26(34)30-25-18-24(28(3,4)5)31-33(25)23-14-9-11-20(2)16-23/h9-14,16-18H,6-8,15,19H2,1-5H3,(H,30,34). The third-order valence-electron chi connectivity index (χ3n) is 5.72. The monoisotopic (exact) mass is 478 g/mol. The van der Waals surface area contributed by atoms with Crippen LogP contribution in [0.15, 0.2) is 54.6 Å². The van der Waals surface area contributed by atoms with E-state index >= 15 is 0 Å². The molecule has 35 heavy (non-hydrogen) atoms. The van der Waals surface area contributed by atoms with Crippen molar-refractivity contribution in [1.29, 1.82) is 0 Å². The summed E-state index contributed by atoms with van der Waals surface area (Å²) in [6.45, 7) is 10.6. The van der Waals surface area contributed by atoms with Gasteiger partial charge in [-0.3, -0.25) is 9.59 Å². The highest BCUT2D eigenvalue weighted by molar-refractivity contribution is 5.99. The van der Waals surface area contributed by atoms with Crippen molar-refractivity contribution in [3.63, 3.8) is 0 Å². The van der Waals surface area contributed by atoms with Crippen LogP contribution in [0.5, 0.6) is 0 Å². The van der Waals surface area contributed by atoms with Gasteiger partial charge in [-0.2, -0.15) is 5.10 Å². The maximum atomic E-state index is 13.7. The average molecular weight is 479 g/mol. The molecule has 0 spiro atoms. The third kappa shape index (κ3) is 7.01. The fourth-order valence-corrected chi connectivity index (χ4v) is 3.76. The zero-order chi connectivity index (χ0) is 25.6. The molecule has 0 atom stereocenters. The fraction of sp³-hybridized carbons (Fsp3) is 0.393. The molecule has 0 saturated carbocycles. The number of carbonyl (C=O) groups excluding carboxylic acids is 2. The Labute approximate surface area is 207 Å². The molecule has 0 radical (unpaired) electrons. The molecule has 7 heteroatoms. The number of nitrogens with zero attached hydrogens (tertiary/aromatic N) is 3. The molecule has 1 N–H and O–H groups in total. The molecule has 0 saturated heterocycles. The summed E-state index contributed by atoms with van der Waals surface area (Å²) in [5.41, 5.74) is 2.77. The lowest BCUT2D eigenvalue weighted by Gasteiger charge is -2.22. The van der Waals surface area contributed by atoms with Gasteiger partial charge in [-0.05, 0) is 49.2 Å². The van der Waals surface area contributed by atoms with E-state index in [0.717, 1.165) is 36.2 Å². The number of hydrogen-bond donors (Lipinski definition) is 1. The minimum atomic E-state index is -0.481. The molecule has 2 aromatic carbocycles. The minimum absolute atomic E-state index is 0.136. The van der Waals surface area contributed by atoms with E-state index in [1.807, 2.05) is 37.3 Å². The molecule has 186 valence electrons. The number of rotatable bonds is 9. The van der Waals surface area contributed by atoms with E-state index in [9.17, 15) is 14.0 Å². The van der Waals surface area contributed by atoms with Crippen molar-refractivity contribution in [1.82, 2.24) is 14.7 Å². The van der Waals surface area contributed by atoms with Crippen molar-refractivity contribution in [3.05, 3.63) is 77.2 Å². The second kappa shape index (κ2) is 11.3. The van der Waals surface area contributed by atoms with Gasteiger partial charge in [0.1, 0.15) is 18.2 Å². The van der Waals surface area contributed by atoms with Crippen LogP contribution in [0.4, 0.5) is 10.2 Å². The molecule has 3 rings (SSSR count). The molecule has 0 bridgehead atoms. The highest BCUT2D eigenvalue weighted by Crippen LogP contribution is 2.26. The molecule has 1 heterocycles. The first-order chi connectivity index (χ1) is 16.6. The Kier molecular flexibility index (Phi) is 8.43. The second-order valence-corrected chi connectivity index (χ2v) is 9.91. The van der Waals surface area contributed by atoms with Gasteiger partial charge >= 0.3 is 0 Å². The van der Waals surface area contributed by atoms with Crippen LogP contribution < -0.4 is 5.32 Å². The summed E-state index contributed by atoms with van der Waals surface area (Å²) in [6, 6.07) is 15.3. The molecule has 0 fully saturated rings. The Hall–Kier alpha value is -3.48. The molecule has 0 aliphatic heterocycles. The first-order valence-electron chi connectivity index (χ1n) is 12.1. The van der Waals surface area contributed by atoms with Crippen molar-refractivity contribution in [2.45, 2.75) is 59.3 Å². The summed E-state index contributed by atoms with van der Waals surface area (Å²) in [5, 5.41) is 7.71. The van der Waals surface area contributed by atoms with Gasteiger partial charge in [0.15, 0.2) is 0 Å². The molecule has 0 aliphatic rings. The number of aromatic nitrogens is 2. The summed E-state index contributed by atoms with van der Waals surface area (Å²) < 4.78 is 15.4. The second-order valence-electron chi connectivity index (χ2n) is 9.91. The Bertz CT molecular complexity index is 1180. The third-order valence-corrected chi connectivity index (χ3v) is 5.72. The van der Waals surface area contributed by atoms with Gasteiger partial charge in [0.2, 0.25) is 5.91 Å². The molecule has 3 aromatic rings. The summed E-state index contributed by atoms with van der Waals surface area (Å²) in [6.07, 6.45) is 2.68. The average Bonchev–Trinajstić information content (AvgIpc) is 3.22. The van der Waals surface area contributed by atoms with Crippen LogP contribution in [-0.4, -0.2) is 39.6 Å². The van der Waals surface area contributed by atoms with Crippen molar-refractivity contribution in [3.8, 4) is 5.69 Å². The Morgan fingerprint density at radius 2 is 1.80 bits per heavy atom. The van der Waals surface area contributed by atoms with Gasteiger partial charge in [-0.25, -0.2) is 9.07 Å². The summed E-state index contributed by atoms with van der Waals surface area (Å²) in [4.78, 5) is 27.7. The first kappa shape index (κ1) is 26.1. The molecule has 0 unspecified atom stereocenters. The van der Waals surface area contributed by atoms with E-state index in [4.69, 9.17) is 5.10 Å². The van der Waals surface area contributed by atoms with Crippen LogP contribution in [-0.2, 0) is 10.2 Å². The van der Waals surface area contributed by atoms with Gasteiger partial charge in [0.25, 0.3) is 5.91 Å². The lowest BCUT2D eigenvalue weighted by Crippen LogP contribution is -2.39. The molecule has 1 aromatic heterocycles. The van der Waals surface area contributed by atoms with Gasteiger partial charge < -0.3 is 10.2 Å². The van der Waals surface area contributed by atoms with E-state index < -0.39 is 5.82 Å². The van der Waals surface area contributed by atoms with Gasteiger partial charge in [0, 0.05) is 23.6 Å². The minimum Gasteiger partial charge on any atom is -0.329 e. The smallest absolute Gasteiger partial charge is 0.254 e. The van der Waals surface area contributed by atoms with E-state index in [0.29, 0.717) is 12.4 Å². The summed E-state index contributed by atoms with van der Waals surface area (Å²) >= 11 is 0. The van der Waals surface area contributed by atoms with Crippen molar-refractivity contribution < 1.29 is 14.0 Å². The normalized spacial score (nSPS) is 11.4. The van der Waals surface area contributed by atoms with Crippen molar-refractivity contribution in [2.75, 3.05) is 18.4 Å². The lowest BCUT2D eigenvalue weighted by atomic mass is 9.92. The Morgan fingerprint density at radius 3 is 2.46 bits per heavy atom. The highest BCUT2D eigenvalue weighted by Gasteiger charge is 2.23. The summed E-state index contributed by atoms with van der Waals surface area (Å²) in [5.74, 6) is -0.637. The number of aryl methyl sites for hydroxylation is 1. The number of hydrogen-bond acceptors (Lipinski definition) is 3. The number of halogens is 1. The maximum absolute atomic E-state index is 13.7. The molecular formula is C28H35FN4O2. The van der Waals surface area contributed by atoms with Crippen molar-refractivity contribution >= 4 is 17.6 Å². The Morgan fingerprint density at radius 1 is 1.06 bits per heavy atom. The van der Waals surface area contributed by atoms with Crippen LogP contribution in [0.3, 0.4) is 0 Å². The number of benzene rings is 2. The predicted octanol–water partition coefficient (Wildman–Crippen LogP) is 5.89. The topological polar surface area (TPSA) is 67.2 Å². The van der Waals surface area contributed by atoms with Gasteiger partial charge in [-0.1, -0.05) is 58.7 Å².